The average Bonchev–Trinajstić information content (AvgIpc) is 2.65. The summed E-state index contributed by atoms with van der Waals surface area (Å²) < 4.78 is 45.8. The van der Waals surface area contributed by atoms with E-state index in [2.05, 4.69) is 20.3 Å². The highest BCUT2D eigenvalue weighted by atomic mass is 35.5. The summed E-state index contributed by atoms with van der Waals surface area (Å²) in [5, 5.41) is 2.99. The molecule has 0 fully saturated rings. The van der Waals surface area contributed by atoms with Crippen LogP contribution in [0.3, 0.4) is 0 Å². The van der Waals surface area contributed by atoms with E-state index < -0.39 is 23.2 Å². The van der Waals surface area contributed by atoms with Gasteiger partial charge in [-0.1, -0.05) is 29.3 Å². The number of pyridine rings is 1. The Morgan fingerprint density at radius 3 is 2.50 bits per heavy atom. The summed E-state index contributed by atoms with van der Waals surface area (Å²) in [7, 11) is 1.59. The summed E-state index contributed by atoms with van der Waals surface area (Å²) >= 11 is 11.6. The molecule has 11 heteroatoms. The minimum absolute atomic E-state index is 0.0514. The van der Waals surface area contributed by atoms with E-state index in [1.54, 1.807) is 19.2 Å². The molecule has 0 amide bonds. The van der Waals surface area contributed by atoms with Crippen LogP contribution in [-0.2, 0) is 6.18 Å². The van der Waals surface area contributed by atoms with Gasteiger partial charge in [0.05, 0.1) is 10.0 Å². The lowest BCUT2D eigenvalue weighted by molar-refractivity contribution is -0.142. The summed E-state index contributed by atoms with van der Waals surface area (Å²) in [4.78, 5) is 22.2. The second-order valence-electron chi connectivity index (χ2n) is 5.43. The molecule has 0 aliphatic heterocycles. The van der Waals surface area contributed by atoms with E-state index in [1.165, 1.54) is 24.3 Å². The molecule has 0 bridgehead atoms. The van der Waals surface area contributed by atoms with E-state index in [-0.39, 0.29) is 27.3 Å². The summed E-state index contributed by atoms with van der Waals surface area (Å²) in [6.07, 6.45) is -4.95. The fourth-order valence-corrected chi connectivity index (χ4v) is 2.52. The number of nitrogens with one attached hydrogen (secondary N) is 2. The molecular weight excluding hydrogens is 420 g/mol. The van der Waals surface area contributed by atoms with Crippen LogP contribution in [-0.4, -0.2) is 22.0 Å². The van der Waals surface area contributed by atoms with Crippen molar-refractivity contribution in [2.75, 3.05) is 12.4 Å². The lowest BCUT2D eigenvalue weighted by Crippen LogP contribution is -2.21. The fraction of sp³-hybridized carbons (Fsp3) is 0.118. The van der Waals surface area contributed by atoms with Gasteiger partial charge in [0.2, 0.25) is 5.75 Å². The van der Waals surface area contributed by atoms with Crippen molar-refractivity contribution in [2.45, 2.75) is 6.18 Å². The molecule has 0 radical (unpaired) electrons. The molecule has 0 aliphatic carbocycles. The topological polar surface area (TPSA) is 79.9 Å². The molecule has 2 aromatic heterocycles. The molecule has 3 rings (SSSR count). The molecule has 6 nitrogen and oxygen atoms in total. The van der Waals surface area contributed by atoms with Crippen molar-refractivity contribution in [3.05, 3.63) is 62.5 Å². The van der Waals surface area contributed by atoms with E-state index in [0.717, 1.165) is 0 Å². The third kappa shape index (κ3) is 4.20. The predicted octanol–water partition coefficient (Wildman–Crippen LogP) is 4.99. The molecule has 28 heavy (non-hydrogen) atoms. The van der Waals surface area contributed by atoms with Gasteiger partial charge in [-0.15, -0.1) is 0 Å². The van der Waals surface area contributed by atoms with Crippen LogP contribution in [0, 0.1) is 0 Å². The van der Waals surface area contributed by atoms with Gasteiger partial charge >= 0.3 is 6.18 Å². The van der Waals surface area contributed by atoms with Crippen LogP contribution in [0.1, 0.15) is 5.69 Å². The van der Waals surface area contributed by atoms with Gasteiger partial charge in [-0.25, -0.2) is 9.97 Å². The Hall–Kier alpha value is -2.78. The first-order chi connectivity index (χ1) is 13.2. The van der Waals surface area contributed by atoms with Crippen LogP contribution in [0.4, 0.5) is 19.0 Å². The number of hydrogen-bond acceptors (Lipinski definition) is 5. The van der Waals surface area contributed by atoms with Crippen molar-refractivity contribution < 1.29 is 17.9 Å². The van der Waals surface area contributed by atoms with Crippen LogP contribution >= 0.6 is 23.2 Å². The highest BCUT2D eigenvalue weighted by molar-refractivity contribution is 6.42. The smallest absolute Gasteiger partial charge is 0.437 e. The van der Waals surface area contributed by atoms with Crippen molar-refractivity contribution in [2.24, 2.45) is 0 Å². The molecule has 2 heterocycles. The van der Waals surface area contributed by atoms with Crippen LogP contribution in [0.25, 0.3) is 11.5 Å². The number of anilines is 1. The zero-order chi connectivity index (χ0) is 20.5. The lowest BCUT2D eigenvalue weighted by Gasteiger charge is -2.14. The number of aromatic amines is 1. The van der Waals surface area contributed by atoms with Gasteiger partial charge in [0.25, 0.3) is 5.56 Å². The standard InChI is InChI=1S/C17H11Cl2F3N4O2/c1-23-12-4-2-3-11(24-12)15-25-14(17(20,21)22)13(16(27)26-15)28-8-5-6-9(18)10(19)7-8/h2-7H,1H3,(H,23,24)(H,25,26,27). The van der Waals surface area contributed by atoms with Crippen LogP contribution in [0.15, 0.2) is 41.2 Å². The van der Waals surface area contributed by atoms with Crippen molar-refractivity contribution in [1.29, 1.82) is 0 Å². The monoisotopic (exact) mass is 430 g/mol. The van der Waals surface area contributed by atoms with Crippen molar-refractivity contribution >= 4 is 29.0 Å². The second kappa shape index (κ2) is 7.69. The molecular formula is C17H11Cl2F3N4O2. The largest absolute Gasteiger partial charge is 0.449 e. The molecule has 146 valence electrons. The highest BCUT2D eigenvalue weighted by Crippen LogP contribution is 2.36. The quantitative estimate of drug-likeness (QED) is 0.609. The van der Waals surface area contributed by atoms with E-state index >= 15 is 0 Å². The minimum atomic E-state index is -4.95. The van der Waals surface area contributed by atoms with Gasteiger partial charge in [0, 0.05) is 13.1 Å². The molecule has 1 aromatic carbocycles. The Morgan fingerprint density at radius 2 is 1.86 bits per heavy atom. The molecule has 0 atom stereocenters. The summed E-state index contributed by atoms with van der Waals surface area (Å²) in [5.41, 5.74) is -2.57. The second-order valence-corrected chi connectivity index (χ2v) is 6.24. The van der Waals surface area contributed by atoms with Crippen molar-refractivity contribution in [3.8, 4) is 23.0 Å². The SMILES string of the molecule is CNc1cccc(-c2nc(C(F)(F)F)c(Oc3ccc(Cl)c(Cl)c3)c(=O)[nH]2)n1. The molecule has 0 saturated carbocycles. The number of alkyl halides is 3. The maximum atomic E-state index is 13.5. The number of benzene rings is 1. The molecule has 0 saturated heterocycles. The van der Waals surface area contributed by atoms with Gasteiger partial charge in [-0.2, -0.15) is 13.2 Å². The van der Waals surface area contributed by atoms with Crippen molar-refractivity contribution in [1.82, 2.24) is 15.0 Å². The first-order valence-corrected chi connectivity index (χ1v) is 8.44. The number of rotatable bonds is 4. The molecule has 0 unspecified atom stereocenters. The normalized spacial score (nSPS) is 11.4. The zero-order valence-electron chi connectivity index (χ0n) is 14.1. The van der Waals surface area contributed by atoms with E-state index in [9.17, 15) is 18.0 Å². The van der Waals surface area contributed by atoms with Crippen molar-refractivity contribution in [3.63, 3.8) is 0 Å². The number of ether oxygens (including phenoxy) is 1. The van der Waals surface area contributed by atoms with E-state index in [1.807, 2.05) is 0 Å². The molecule has 2 N–H and O–H groups in total. The van der Waals surface area contributed by atoms with Gasteiger partial charge in [0.15, 0.2) is 11.5 Å². The first kappa shape index (κ1) is 20.0. The number of hydrogen-bond donors (Lipinski definition) is 2. The summed E-state index contributed by atoms with van der Waals surface area (Å²) in [6, 6.07) is 8.37. The lowest BCUT2D eigenvalue weighted by atomic mass is 10.3. The Labute approximate surface area is 166 Å². The predicted molar refractivity (Wildman–Crippen MR) is 99.2 cm³/mol. The maximum absolute atomic E-state index is 13.5. The highest BCUT2D eigenvalue weighted by Gasteiger charge is 2.39. The molecule has 0 aliphatic rings. The van der Waals surface area contributed by atoms with Crippen LogP contribution < -0.4 is 15.6 Å². The first-order valence-electron chi connectivity index (χ1n) is 7.68. The number of H-pyrrole nitrogens is 1. The Kier molecular flexibility index (Phi) is 5.48. The van der Waals surface area contributed by atoms with Gasteiger partial charge < -0.3 is 15.0 Å². The minimum Gasteiger partial charge on any atom is -0.449 e. The Bertz CT molecular complexity index is 1090. The van der Waals surface area contributed by atoms with Gasteiger partial charge in [-0.05, 0) is 24.3 Å². The van der Waals surface area contributed by atoms with Gasteiger partial charge in [0.1, 0.15) is 17.3 Å². The molecule has 3 aromatic rings. The number of nitrogens with zero attached hydrogens (tertiary/aromatic N) is 2. The third-order valence-electron chi connectivity index (χ3n) is 3.50. The van der Waals surface area contributed by atoms with Crippen LogP contribution in [0.5, 0.6) is 11.5 Å². The number of halogens is 5. The molecule has 0 spiro atoms. The fourth-order valence-electron chi connectivity index (χ4n) is 2.23. The Balaban J connectivity index is 2.12. The summed E-state index contributed by atoms with van der Waals surface area (Å²) in [5.74, 6) is -1.07. The van der Waals surface area contributed by atoms with Crippen LogP contribution in [0.2, 0.25) is 10.0 Å². The van der Waals surface area contributed by atoms with Gasteiger partial charge in [-0.3, -0.25) is 4.79 Å². The zero-order valence-corrected chi connectivity index (χ0v) is 15.6. The average molecular weight is 431 g/mol. The Morgan fingerprint density at radius 1 is 1.11 bits per heavy atom. The van der Waals surface area contributed by atoms with E-state index in [4.69, 9.17) is 27.9 Å². The third-order valence-corrected chi connectivity index (χ3v) is 4.24. The maximum Gasteiger partial charge on any atom is 0.437 e. The number of aromatic nitrogens is 3. The van der Waals surface area contributed by atoms with E-state index in [0.29, 0.717) is 5.82 Å². The summed E-state index contributed by atoms with van der Waals surface area (Å²) in [6.45, 7) is 0.